The molecule has 0 radical (unpaired) electrons. The lowest BCUT2D eigenvalue weighted by atomic mass is 9.87. The first-order valence-corrected chi connectivity index (χ1v) is 8.32. The summed E-state index contributed by atoms with van der Waals surface area (Å²) in [4.78, 5) is 0. The van der Waals surface area contributed by atoms with Gasteiger partial charge in [-0.05, 0) is 49.9 Å². The highest BCUT2D eigenvalue weighted by molar-refractivity contribution is 6.31. The van der Waals surface area contributed by atoms with E-state index in [1.54, 1.807) is 6.07 Å². The van der Waals surface area contributed by atoms with Crippen LogP contribution in [0.1, 0.15) is 38.7 Å². The van der Waals surface area contributed by atoms with Crippen molar-refractivity contribution in [2.45, 2.75) is 51.7 Å². The summed E-state index contributed by atoms with van der Waals surface area (Å²) in [6, 6.07) is 5.02. The molecule has 1 aliphatic heterocycles. The minimum Gasteiger partial charge on any atom is -0.378 e. The van der Waals surface area contributed by atoms with Gasteiger partial charge in [0.15, 0.2) is 0 Å². The van der Waals surface area contributed by atoms with Crippen LogP contribution >= 0.6 is 11.6 Å². The fraction of sp³-hybridized carbons (Fsp3) is 0.647. The first-order chi connectivity index (χ1) is 10.2. The highest BCUT2D eigenvalue weighted by Gasteiger charge is 2.33. The van der Waals surface area contributed by atoms with Gasteiger partial charge in [-0.1, -0.05) is 31.5 Å². The lowest BCUT2D eigenvalue weighted by Crippen LogP contribution is -2.42. The first kappa shape index (κ1) is 16.7. The van der Waals surface area contributed by atoms with Crippen LogP contribution in [0.15, 0.2) is 18.2 Å². The highest BCUT2D eigenvalue weighted by atomic mass is 35.5. The number of nitrogens with one attached hydrogen (secondary N) is 1. The predicted octanol–water partition coefficient (Wildman–Crippen LogP) is 4.20. The van der Waals surface area contributed by atoms with E-state index in [9.17, 15) is 4.39 Å². The molecule has 1 saturated heterocycles. The van der Waals surface area contributed by atoms with Crippen LogP contribution in [-0.4, -0.2) is 25.3 Å². The lowest BCUT2D eigenvalue weighted by molar-refractivity contribution is 0.0774. The van der Waals surface area contributed by atoms with Gasteiger partial charge in [-0.15, -0.1) is 0 Å². The summed E-state index contributed by atoms with van der Waals surface area (Å²) >= 11 is 6.19. The lowest BCUT2D eigenvalue weighted by Gasteiger charge is -2.28. The smallest absolute Gasteiger partial charge is 0.124 e. The van der Waals surface area contributed by atoms with Crippen molar-refractivity contribution < 1.29 is 9.13 Å². The van der Waals surface area contributed by atoms with Gasteiger partial charge in [-0.3, -0.25) is 0 Å². The summed E-state index contributed by atoms with van der Waals surface area (Å²) in [5, 5.41) is 4.15. The zero-order chi connectivity index (χ0) is 15.2. The molecule has 0 aromatic heterocycles. The molecule has 118 valence electrons. The maximum Gasteiger partial charge on any atom is 0.124 e. The molecule has 2 rings (SSSR count). The summed E-state index contributed by atoms with van der Waals surface area (Å²) in [5.74, 6) is 0.222. The van der Waals surface area contributed by atoms with Crippen LogP contribution in [0.4, 0.5) is 4.39 Å². The van der Waals surface area contributed by atoms with Crippen LogP contribution in [0.3, 0.4) is 0 Å². The van der Waals surface area contributed by atoms with E-state index >= 15 is 0 Å². The van der Waals surface area contributed by atoms with Crippen molar-refractivity contribution in [1.82, 2.24) is 5.32 Å². The normalized spacial score (nSPS) is 23.4. The molecule has 1 N–H and O–H groups in total. The second-order valence-electron chi connectivity index (χ2n) is 5.77. The molecule has 21 heavy (non-hydrogen) atoms. The molecule has 1 aliphatic rings. The summed E-state index contributed by atoms with van der Waals surface area (Å²) in [7, 11) is 0. The molecule has 0 amide bonds. The summed E-state index contributed by atoms with van der Waals surface area (Å²) < 4.78 is 19.0. The summed E-state index contributed by atoms with van der Waals surface area (Å²) in [5.41, 5.74) is 1.01. The Morgan fingerprint density at radius 3 is 2.90 bits per heavy atom. The molecule has 1 aromatic carbocycles. The molecular weight excluding hydrogens is 289 g/mol. The van der Waals surface area contributed by atoms with Gasteiger partial charge in [-0.25, -0.2) is 4.39 Å². The minimum absolute atomic E-state index is 0.280. The average molecular weight is 314 g/mol. The molecule has 1 aromatic rings. The van der Waals surface area contributed by atoms with Gasteiger partial charge in [-0.2, -0.15) is 0 Å². The minimum atomic E-state index is -0.280. The van der Waals surface area contributed by atoms with Crippen molar-refractivity contribution >= 4 is 11.6 Å². The van der Waals surface area contributed by atoms with Crippen molar-refractivity contribution in [2.75, 3.05) is 13.2 Å². The van der Waals surface area contributed by atoms with E-state index in [2.05, 4.69) is 19.2 Å². The van der Waals surface area contributed by atoms with Crippen molar-refractivity contribution in [3.8, 4) is 0 Å². The topological polar surface area (TPSA) is 21.3 Å². The van der Waals surface area contributed by atoms with Gasteiger partial charge in [0.25, 0.3) is 0 Å². The third kappa shape index (κ3) is 4.41. The van der Waals surface area contributed by atoms with E-state index in [-0.39, 0.29) is 5.82 Å². The Kier molecular flexibility index (Phi) is 6.46. The van der Waals surface area contributed by atoms with Crippen molar-refractivity contribution in [1.29, 1.82) is 0 Å². The number of benzene rings is 1. The third-order valence-electron chi connectivity index (χ3n) is 4.29. The molecule has 0 saturated carbocycles. The third-order valence-corrected chi connectivity index (χ3v) is 4.64. The second-order valence-corrected chi connectivity index (χ2v) is 6.18. The molecule has 3 unspecified atom stereocenters. The fourth-order valence-electron chi connectivity index (χ4n) is 3.17. The molecule has 1 fully saturated rings. The largest absolute Gasteiger partial charge is 0.378 e. The SMILES string of the molecule is CCCNC(Cc1ccc(F)cc1Cl)C1CCOC1CC. The zero-order valence-electron chi connectivity index (χ0n) is 12.9. The maximum atomic E-state index is 13.2. The molecule has 0 aliphatic carbocycles. The maximum absolute atomic E-state index is 13.2. The Hall–Kier alpha value is -0.640. The van der Waals surface area contributed by atoms with Crippen molar-refractivity contribution in [3.63, 3.8) is 0 Å². The number of rotatable bonds is 7. The molecule has 4 heteroatoms. The van der Waals surface area contributed by atoms with Crippen LogP contribution in [0.25, 0.3) is 0 Å². The molecule has 2 nitrogen and oxygen atoms in total. The Morgan fingerprint density at radius 1 is 1.43 bits per heavy atom. The number of halogens is 2. The van der Waals surface area contributed by atoms with E-state index in [1.807, 2.05) is 0 Å². The molecule has 0 bridgehead atoms. The Labute approximate surface area is 132 Å². The number of hydrogen-bond donors (Lipinski definition) is 1. The van der Waals surface area contributed by atoms with E-state index in [0.29, 0.717) is 23.1 Å². The van der Waals surface area contributed by atoms with Crippen LogP contribution < -0.4 is 5.32 Å². The average Bonchev–Trinajstić information content (AvgIpc) is 2.94. The summed E-state index contributed by atoms with van der Waals surface area (Å²) in [6.45, 7) is 6.16. The van der Waals surface area contributed by atoms with E-state index < -0.39 is 0 Å². The molecule has 0 spiro atoms. The standard InChI is InChI=1S/C17H25ClFNO/c1-3-8-20-16(14-7-9-21-17(14)4-2)10-12-5-6-13(19)11-15(12)18/h5-6,11,14,16-17,20H,3-4,7-10H2,1-2H3. The first-order valence-electron chi connectivity index (χ1n) is 7.94. The van der Waals surface area contributed by atoms with E-state index in [0.717, 1.165) is 44.4 Å². The monoisotopic (exact) mass is 313 g/mol. The Morgan fingerprint density at radius 2 is 2.24 bits per heavy atom. The van der Waals surface area contributed by atoms with E-state index in [4.69, 9.17) is 16.3 Å². The van der Waals surface area contributed by atoms with Gasteiger partial charge in [0, 0.05) is 23.6 Å². The molecular formula is C17H25ClFNO. The zero-order valence-corrected chi connectivity index (χ0v) is 13.6. The van der Waals surface area contributed by atoms with Gasteiger partial charge >= 0.3 is 0 Å². The Balaban J connectivity index is 2.11. The quantitative estimate of drug-likeness (QED) is 0.814. The van der Waals surface area contributed by atoms with Crippen LogP contribution in [0, 0.1) is 11.7 Å². The van der Waals surface area contributed by atoms with Crippen LogP contribution in [-0.2, 0) is 11.2 Å². The van der Waals surface area contributed by atoms with Gasteiger partial charge in [0.1, 0.15) is 5.82 Å². The Bertz CT molecular complexity index is 454. The van der Waals surface area contributed by atoms with Crippen LogP contribution in [0.2, 0.25) is 5.02 Å². The molecule has 3 atom stereocenters. The van der Waals surface area contributed by atoms with Gasteiger partial charge in [0.2, 0.25) is 0 Å². The van der Waals surface area contributed by atoms with Crippen molar-refractivity contribution in [2.24, 2.45) is 5.92 Å². The highest BCUT2D eigenvalue weighted by Crippen LogP contribution is 2.29. The van der Waals surface area contributed by atoms with Gasteiger partial charge < -0.3 is 10.1 Å². The van der Waals surface area contributed by atoms with Gasteiger partial charge in [0.05, 0.1) is 6.10 Å². The van der Waals surface area contributed by atoms with Crippen LogP contribution in [0.5, 0.6) is 0 Å². The number of ether oxygens (including phenoxy) is 1. The fourth-order valence-corrected chi connectivity index (χ4v) is 3.42. The second kappa shape index (κ2) is 8.11. The molecule has 1 heterocycles. The van der Waals surface area contributed by atoms with Crippen molar-refractivity contribution in [3.05, 3.63) is 34.6 Å². The summed E-state index contributed by atoms with van der Waals surface area (Å²) in [6.07, 6.45) is 4.35. The van der Waals surface area contributed by atoms with E-state index in [1.165, 1.54) is 12.1 Å². The number of hydrogen-bond acceptors (Lipinski definition) is 2. The predicted molar refractivity (Wildman–Crippen MR) is 85.3 cm³/mol.